The van der Waals surface area contributed by atoms with Crippen LogP contribution in [0.4, 0.5) is 0 Å². The summed E-state index contributed by atoms with van der Waals surface area (Å²) in [6.45, 7) is 12.3. The third-order valence-corrected chi connectivity index (χ3v) is 17.5. The normalized spacial score (nSPS) is 20.7. The van der Waals surface area contributed by atoms with Crippen LogP contribution in [0.5, 0.6) is 0 Å². The van der Waals surface area contributed by atoms with Crippen LogP contribution in [0.15, 0.2) is 0 Å². The van der Waals surface area contributed by atoms with Gasteiger partial charge in [-0.2, -0.15) is 0 Å². The highest BCUT2D eigenvalue weighted by Crippen LogP contribution is 2.58. The van der Waals surface area contributed by atoms with Crippen molar-refractivity contribution >= 4 is 37.9 Å². The zero-order valence-electron chi connectivity index (χ0n) is 12.5. The lowest BCUT2D eigenvalue weighted by molar-refractivity contribution is -0.107. The first-order valence-electron chi connectivity index (χ1n) is 6.98. The van der Waals surface area contributed by atoms with Crippen LogP contribution in [0.2, 0.25) is 18.1 Å². The summed E-state index contributed by atoms with van der Waals surface area (Å²) in [5.41, 5.74) is 0. The van der Waals surface area contributed by atoms with Gasteiger partial charge in [-0.1, -0.05) is 33.9 Å². The molecule has 0 N–H and O–H groups in total. The van der Waals surface area contributed by atoms with Crippen molar-refractivity contribution in [3.05, 3.63) is 0 Å². The highest BCUT2D eigenvalue weighted by molar-refractivity contribution is 8.21. The Kier molecular flexibility index (Phi) is 5.88. The monoisotopic (exact) mass is 304 g/mol. The quantitative estimate of drug-likeness (QED) is 0.405. The van der Waals surface area contributed by atoms with Gasteiger partial charge in [0.05, 0.1) is 11.8 Å². The van der Waals surface area contributed by atoms with E-state index < -0.39 is 8.07 Å². The van der Waals surface area contributed by atoms with Crippen molar-refractivity contribution in [2.45, 2.75) is 68.3 Å². The van der Waals surface area contributed by atoms with E-state index in [9.17, 15) is 4.79 Å². The first-order valence-corrected chi connectivity index (χ1v) is 12.0. The Hall–Kier alpha value is 0.587. The maximum atomic E-state index is 10.6. The summed E-state index contributed by atoms with van der Waals surface area (Å²) in [7, 11) is -1.39. The average Bonchev–Trinajstić information content (AvgIpc) is 2.29. The molecule has 0 amide bonds. The molecule has 0 aromatic rings. The molecule has 0 radical (unpaired) electrons. The molecule has 1 rings (SSSR count). The minimum Gasteiger partial charge on any atom is -0.303 e. The van der Waals surface area contributed by atoms with Gasteiger partial charge in [-0.15, -0.1) is 23.5 Å². The van der Waals surface area contributed by atoms with Crippen LogP contribution in [0.25, 0.3) is 0 Å². The molecule has 106 valence electrons. The third-order valence-electron chi connectivity index (χ3n) is 4.61. The molecule has 18 heavy (non-hydrogen) atoms. The lowest BCUT2D eigenvalue weighted by Crippen LogP contribution is -2.56. The van der Waals surface area contributed by atoms with E-state index >= 15 is 0 Å². The largest absolute Gasteiger partial charge is 0.303 e. The van der Waals surface area contributed by atoms with Crippen LogP contribution < -0.4 is 0 Å². The summed E-state index contributed by atoms with van der Waals surface area (Å²) < 4.78 is 0.423. The Morgan fingerprint density at radius 2 is 1.78 bits per heavy atom. The number of rotatable bonds is 5. The molecule has 0 bridgehead atoms. The predicted octanol–water partition coefficient (Wildman–Crippen LogP) is 4.97. The standard InChI is InChI=1S/C14H28OS2Si/c1-13(2,3)18(4,5)14(9-6-7-10-15)16-11-8-12-17-14/h10H,6-9,11-12H2,1-5H3. The van der Waals surface area contributed by atoms with Crippen molar-refractivity contribution in [2.75, 3.05) is 11.5 Å². The van der Waals surface area contributed by atoms with Gasteiger partial charge in [-0.05, 0) is 35.8 Å². The SMILES string of the molecule is CC(C)(C)[Si](C)(C)C1(CCCC=O)SCCCS1. The van der Waals surface area contributed by atoms with E-state index in [-0.39, 0.29) is 0 Å². The Labute approximate surface area is 122 Å². The summed E-state index contributed by atoms with van der Waals surface area (Å²) in [6.07, 6.45) is 5.45. The molecular formula is C14H28OS2Si. The maximum absolute atomic E-state index is 10.6. The third kappa shape index (κ3) is 3.37. The van der Waals surface area contributed by atoms with Gasteiger partial charge in [-0.3, -0.25) is 0 Å². The molecule has 0 saturated carbocycles. The first kappa shape index (κ1) is 16.6. The van der Waals surface area contributed by atoms with Crippen LogP contribution in [0.1, 0.15) is 46.5 Å². The number of aldehydes is 1. The number of hydrogen-bond acceptors (Lipinski definition) is 3. The van der Waals surface area contributed by atoms with Gasteiger partial charge in [0.1, 0.15) is 6.29 Å². The van der Waals surface area contributed by atoms with Gasteiger partial charge in [0.15, 0.2) is 0 Å². The van der Waals surface area contributed by atoms with E-state index in [1.165, 1.54) is 24.3 Å². The van der Waals surface area contributed by atoms with Crippen LogP contribution >= 0.6 is 23.5 Å². The molecule has 0 spiro atoms. The summed E-state index contributed by atoms with van der Waals surface area (Å²) in [4.78, 5) is 10.6. The maximum Gasteiger partial charge on any atom is 0.119 e. The van der Waals surface area contributed by atoms with E-state index in [4.69, 9.17) is 0 Å². The van der Waals surface area contributed by atoms with Crippen LogP contribution in [-0.4, -0.2) is 29.6 Å². The number of thioether (sulfide) groups is 2. The topological polar surface area (TPSA) is 17.1 Å². The molecule has 1 nitrogen and oxygen atoms in total. The molecule has 1 saturated heterocycles. The fourth-order valence-corrected chi connectivity index (χ4v) is 12.5. The van der Waals surface area contributed by atoms with Gasteiger partial charge < -0.3 is 4.79 Å². The molecule has 1 fully saturated rings. The zero-order valence-corrected chi connectivity index (χ0v) is 15.2. The van der Waals surface area contributed by atoms with Gasteiger partial charge in [0.2, 0.25) is 0 Å². The van der Waals surface area contributed by atoms with Crippen molar-refractivity contribution in [1.82, 2.24) is 0 Å². The summed E-state index contributed by atoms with van der Waals surface area (Å²) >= 11 is 4.41. The number of hydrogen-bond donors (Lipinski definition) is 0. The van der Waals surface area contributed by atoms with Gasteiger partial charge in [-0.25, -0.2) is 0 Å². The Morgan fingerprint density at radius 1 is 1.22 bits per heavy atom. The first-order chi connectivity index (χ1) is 8.27. The minimum atomic E-state index is -1.39. The average molecular weight is 305 g/mol. The van der Waals surface area contributed by atoms with Gasteiger partial charge in [0, 0.05) is 6.42 Å². The van der Waals surface area contributed by atoms with E-state index in [2.05, 4.69) is 57.4 Å². The molecule has 0 atom stereocenters. The second-order valence-corrected chi connectivity index (χ2v) is 16.1. The molecule has 0 aromatic heterocycles. The van der Waals surface area contributed by atoms with E-state index in [0.29, 0.717) is 8.74 Å². The van der Waals surface area contributed by atoms with Crippen LogP contribution in [0.3, 0.4) is 0 Å². The highest BCUT2D eigenvalue weighted by atomic mass is 32.2. The van der Waals surface area contributed by atoms with Crippen molar-refractivity contribution < 1.29 is 4.79 Å². The van der Waals surface area contributed by atoms with Gasteiger partial charge >= 0.3 is 0 Å². The number of unbranched alkanes of at least 4 members (excludes halogenated alkanes) is 1. The fraction of sp³-hybridized carbons (Fsp3) is 0.929. The lowest BCUT2D eigenvalue weighted by Gasteiger charge is -2.53. The molecule has 0 aromatic carbocycles. The predicted molar refractivity (Wildman–Crippen MR) is 89.4 cm³/mol. The van der Waals surface area contributed by atoms with Crippen molar-refractivity contribution in [3.63, 3.8) is 0 Å². The lowest BCUT2D eigenvalue weighted by atomic mass is 10.2. The molecule has 1 aliphatic rings. The summed E-state index contributed by atoms with van der Waals surface area (Å²) in [5.74, 6) is 2.61. The zero-order chi connectivity index (χ0) is 13.9. The Bertz CT molecular complexity index is 278. The van der Waals surface area contributed by atoms with Gasteiger partial charge in [0.25, 0.3) is 0 Å². The molecule has 0 aliphatic carbocycles. The van der Waals surface area contributed by atoms with Crippen molar-refractivity contribution in [3.8, 4) is 0 Å². The Balaban J connectivity index is 2.92. The minimum absolute atomic E-state index is 0.422. The molecule has 0 unspecified atom stereocenters. The van der Waals surface area contributed by atoms with Crippen molar-refractivity contribution in [2.24, 2.45) is 0 Å². The second kappa shape index (κ2) is 6.36. The molecule has 4 heteroatoms. The van der Waals surface area contributed by atoms with E-state index in [0.717, 1.165) is 19.1 Å². The Morgan fingerprint density at radius 3 is 2.22 bits per heavy atom. The van der Waals surface area contributed by atoms with E-state index in [1.54, 1.807) is 0 Å². The fourth-order valence-electron chi connectivity index (χ4n) is 2.38. The highest BCUT2D eigenvalue weighted by Gasteiger charge is 2.53. The number of carbonyl (C=O) groups is 1. The smallest absolute Gasteiger partial charge is 0.119 e. The molecule has 1 aliphatic heterocycles. The molecule has 1 heterocycles. The summed E-state index contributed by atoms with van der Waals surface area (Å²) in [5, 5.41) is 0.422. The van der Waals surface area contributed by atoms with Crippen LogP contribution in [-0.2, 0) is 4.79 Å². The van der Waals surface area contributed by atoms with Crippen LogP contribution in [0, 0.1) is 0 Å². The molecular weight excluding hydrogens is 276 g/mol. The van der Waals surface area contributed by atoms with Crippen molar-refractivity contribution in [1.29, 1.82) is 0 Å². The van der Waals surface area contributed by atoms with E-state index in [1.807, 2.05) is 0 Å². The second-order valence-electron chi connectivity index (χ2n) is 6.74. The summed E-state index contributed by atoms with van der Waals surface area (Å²) in [6, 6.07) is 0. The number of carbonyl (C=O) groups excluding carboxylic acids is 1.